The van der Waals surface area contributed by atoms with Crippen molar-refractivity contribution in [1.82, 2.24) is 4.98 Å². The monoisotopic (exact) mass is 483 g/mol. The van der Waals surface area contributed by atoms with Crippen molar-refractivity contribution in [2.45, 2.75) is 0 Å². The van der Waals surface area contributed by atoms with E-state index in [9.17, 15) is 13.6 Å². The summed E-state index contributed by atoms with van der Waals surface area (Å²) in [6, 6.07) is 12.7. The highest BCUT2D eigenvalue weighted by Gasteiger charge is 2.22. The molecular weight excluding hydrogens is 464 g/mol. The van der Waals surface area contributed by atoms with E-state index >= 15 is 0 Å². The van der Waals surface area contributed by atoms with Crippen LogP contribution in [0.1, 0.15) is 15.9 Å². The number of anilines is 1. The molecule has 0 saturated carbocycles. The van der Waals surface area contributed by atoms with Crippen LogP contribution >= 0.6 is 11.3 Å². The Balaban J connectivity index is 1.79. The van der Waals surface area contributed by atoms with Crippen molar-refractivity contribution in [3.8, 4) is 17.2 Å². The first-order valence-corrected chi connectivity index (χ1v) is 10.7. The molecule has 0 saturated heterocycles. The third-order valence-electron chi connectivity index (χ3n) is 4.79. The Labute approximate surface area is 197 Å². The SMILES string of the molecule is COc1cc(/C=N/N(C(=O)c2cccc(F)c2)c2nc3ccc(F)cc3s2)cc(OC)c1OC. The van der Waals surface area contributed by atoms with E-state index < -0.39 is 17.5 Å². The number of fused-ring (bicyclic) bond motifs is 1. The van der Waals surface area contributed by atoms with Crippen molar-refractivity contribution in [1.29, 1.82) is 0 Å². The zero-order valence-corrected chi connectivity index (χ0v) is 19.2. The number of benzene rings is 3. The van der Waals surface area contributed by atoms with Crippen LogP contribution in [-0.4, -0.2) is 38.4 Å². The second-order valence-electron chi connectivity index (χ2n) is 6.94. The summed E-state index contributed by atoms with van der Waals surface area (Å²) in [6.45, 7) is 0. The molecule has 7 nitrogen and oxygen atoms in total. The number of hydrogen-bond donors (Lipinski definition) is 0. The molecule has 0 radical (unpaired) electrons. The molecular formula is C24H19F2N3O4S. The molecule has 1 heterocycles. The number of carbonyl (C=O) groups is 1. The van der Waals surface area contributed by atoms with Gasteiger partial charge in [-0.1, -0.05) is 17.4 Å². The summed E-state index contributed by atoms with van der Waals surface area (Å²) in [5.74, 6) is -0.383. The Morgan fingerprint density at radius 1 is 0.971 bits per heavy atom. The molecule has 0 fully saturated rings. The smallest absolute Gasteiger partial charge is 0.280 e. The number of thiazole rings is 1. The Kier molecular flexibility index (Phi) is 6.69. The van der Waals surface area contributed by atoms with Gasteiger partial charge in [-0.2, -0.15) is 10.1 Å². The number of halogens is 2. The van der Waals surface area contributed by atoms with Crippen molar-refractivity contribution in [2.24, 2.45) is 5.10 Å². The fourth-order valence-corrected chi connectivity index (χ4v) is 4.16. The lowest BCUT2D eigenvalue weighted by Crippen LogP contribution is -2.25. The van der Waals surface area contributed by atoms with E-state index in [-0.39, 0.29) is 10.7 Å². The third kappa shape index (κ3) is 4.67. The second-order valence-corrected chi connectivity index (χ2v) is 7.95. The standard InChI is InChI=1S/C24H19F2N3O4S/c1-31-19-9-14(10-20(32-2)22(19)33-3)13-27-29(23(30)15-5-4-6-16(25)11-15)24-28-18-8-7-17(26)12-21(18)34-24/h4-13H,1-3H3/b27-13+. The van der Waals surface area contributed by atoms with Crippen molar-refractivity contribution in [3.05, 3.63) is 77.4 Å². The molecule has 0 aliphatic carbocycles. The van der Waals surface area contributed by atoms with E-state index in [1.165, 1.54) is 63.9 Å². The maximum absolute atomic E-state index is 13.8. The number of methoxy groups -OCH3 is 3. The molecule has 174 valence electrons. The van der Waals surface area contributed by atoms with Gasteiger partial charge in [-0.05, 0) is 48.5 Å². The minimum Gasteiger partial charge on any atom is -0.493 e. The van der Waals surface area contributed by atoms with E-state index in [1.807, 2.05) is 0 Å². The first kappa shape index (κ1) is 23.1. The van der Waals surface area contributed by atoms with Crippen molar-refractivity contribution >= 4 is 38.8 Å². The van der Waals surface area contributed by atoms with Gasteiger partial charge in [-0.25, -0.2) is 13.8 Å². The molecule has 4 aromatic rings. The summed E-state index contributed by atoms with van der Waals surface area (Å²) in [4.78, 5) is 17.7. The Morgan fingerprint density at radius 2 is 1.68 bits per heavy atom. The van der Waals surface area contributed by atoms with Crippen LogP contribution in [0.2, 0.25) is 0 Å². The van der Waals surface area contributed by atoms with Gasteiger partial charge in [0.05, 0.1) is 37.8 Å². The lowest BCUT2D eigenvalue weighted by Gasteiger charge is -2.15. The molecule has 0 atom stereocenters. The zero-order chi connectivity index (χ0) is 24.2. The van der Waals surface area contributed by atoms with Crippen LogP contribution in [0.4, 0.5) is 13.9 Å². The molecule has 0 spiro atoms. The first-order chi connectivity index (χ1) is 16.4. The molecule has 0 unspecified atom stereocenters. The highest BCUT2D eigenvalue weighted by atomic mass is 32.1. The Bertz CT molecular complexity index is 1360. The topological polar surface area (TPSA) is 73.2 Å². The van der Waals surface area contributed by atoms with Gasteiger partial charge < -0.3 is 14.2 Å². The van der Waals surface area contributed by atoms with Gasteiger partial charge in [0.2, 0.25) is 10.9 Å². The molecule has 3 aromatic carbocycles. The molecule has 10 heteroatoms. The molecule has 0 bridgehead atoms. The first-order valence-electron chi connectivity index (χ1n) is 9.93. The quantitative estimate of drug-likeness (QED) is 0.264. The second kappa shape index (κ2) is 9.84. The van der Waals surface area contributed by atoms with E-state index in [0.29, 0.717) is 33.0 Å². The van der Waals surface area contributed by atoms with Crippen molar-refractivity contribution in [3.63, 3.8) is 0 Å². The summed E-state index contributed by atoms with van der Waals surface area (Å²) >= 11 is 1.08. The Morgan fingerprint density at radius 3 is 2.32 bits per heavy atom. The number of nitrogens with zero attached hydrogens (tertiary/aromatic N) is 3. The molecule has 1 amide bonds. The average molecular weight is 483 g/mol. The van der Waals surface area contributed by atoms with Crippen LogP contribution in [0.3, 0.4) is 0 Å². The lowest BCUT2D eigenvalue weighted by atomic mass is 10.2. The normalized spacial score (nSPS) is 11.1. The molecule has 34 heavy (non-hydrogen) atoms. The van der Waals surface area contributed by atoms with Gasteiger partial charge in [-0.3, -0.25) is 4.79 Å². The third-order valence-corrected chi connectivity index (χ3v) is 5.79. The zero-order valence-electron chi connectivity index (χ0n) is 18.4. The van der Waals surface area contributed by atoms with Gasteiger partial charge >= 0.3 is 0 Å². The van der Waals surface area contributed by atoms with Crippen LogP contribution in [0.15, 0.2) is 59.7 Å². The number of hydrazone groups is 1. The van der Waals surface area contributed by atoms with E-state index in [2.05, 4.69) is 10.1 Å². The number of amides is 1. The number of ether oxygens (including phenoxy) is 3. The Hall–Kier alpha value is -4.05. The predicted molar refractivity (Wildman–Crippen MR) is 126 cm³/mol. The van der Waals surface area contributed by atoms with Gasteiger partial charge in [0.15, 0.2) is 11.5 Å². The molecule has 0 aliphatic rings. The van der Waals surface area contributed by atoms with Crippen LogP contribution < -0.4 is 19.2 Å². The molecule has 0 aliphatic heterocycles. The minimum atomic E-state index is -0.609. The summed E-state index contributed by atoms with van der Waals surface area (Å²) in [5.41, 5.74) is 1.12. The van der Waals surface area contributed by atoms with Gasteiger partial charge in [0.25, 0.3) is 5.91 Å². The average Bonchev–Trinajstić information content (AvgIpc) is 3.26. The largest absolute Gasteiger partial charge is 0.493 e. The fourth-order valence-electron chi connectivity index (χ4n) is 3.21. The van der Waals surface area contributed by atoms with E-state index in [0.717, 1.165) is 22.4 Å². The maximum atomic E-state index is 13.8. The highest BCUT2D eigenvalue weighted by Crippen LogP contribution is 2.38. The molecule has 1 aromatic heterocycles. The fraction of sp³-hybridized carbons (Fsp3) is 0.125. The summed E-state index contributed by atoms with van der Waals surface area (Å²) in [6.07, 6.45) is 1.41. The van der Waals surface area contributed by atoms with Crippen LogP contribution in [0.5, 0.6) is 17.2 Å². The number of aromatic nitrogens is 1. The highest BCUT2D eigenvalue weighted by molar-refractivity contribution is 7.22. The number of rotatable bonds is 7. The summed E-state index contributed by atoms with van der Waals surface area (Å²) < 4.78 is 44.0. The summed E-state index contributed by atoms with van der Waals surface area (Å²) in [5, 5.41) is 5.57. The molecule has 0 N–H and O–H groups in total. The van der Waals surface area contributed by atoms with E-state index in [1.54, 1.807) is 12.1 Å². The van der Waals surface area contributed by atoms with Gasteiger partial charge in [0, 0.05) is 11.1 Å². The van der Waals surface area contributed by atoms with Crippen LogP contribution in [0, 0.1) is 11.6 Å². The maximum Gasteiger partial charge on any atom is 0.280 e. The number of hydrogen-bond acceptors (Lipinski definition) is 7. The number of carbonyl (C=O) groups excluding carboxylic acids is 1. The molecule has 4 rings (SSSR count). The van der Waals surface area contributed by atoms with Crippen molar-refractivity contribution < 1.29 is 27.8 Å². The predicted octanol–water partition coefficient (Wildman–Crippen LogP) is 5.28. The minimum absolute atomic E-state index is 0.0764. The summed E-state index contributed by atoms with van der Waals surface area (Å²) in [7, 11) is 4.46. The van der Waals surface area contributed by atoms with Gasteiger partial charge in [-0.15, -0.1) is 0 Å². The van der Waals surface area contributed by atoms with E-state index in [4.69, 9.17) is 14.2 Å². The lowest BCUT2D eigenvalue weighted by molar-refractivity contribution is 0.0987. The van der Waals surface area contributed by atoms with Crippen LogP contribution in [0.25, 0.3) is 10.2 Å². The van der Waals surface area contributed by atoms with Gasteiger partial charge in [0.1, 0.15) is 11.6 Å². The van der Waals surface area contributed by atoms with Crippen LogP contribution in [-0.2, 0) is 0 Å². The van der Waals surface area contributed by atoms with Crippen molar-refractivity contribution in [2.75, 3.05) is 26.3 Å².